The quantitative estimate of drug-likeness (QED) is 0.832. The first-order chi connectivity index (χ1) is 9.47. The van der Waals surface area contributed by atoms with Crippen molar-refractivity contribution in [1.82, 2.24) is 0 Å². The molecule has 0 heterocycles. The Morgan fingerprint density at radius 1 is 1.35 bits per heavy atom. The number of halogens is 1. The summed E-state index contributed by atoms with van der Waals surface area (Å²) in [6, 6.07) is 3.55. The summed E-state index contributed by atoms with van der Waals surface area (Å²) in [6.45, 7) is 8.15. The van der Waals surface area contributed by atoms with E-state index in [1.54, 1.807) is 19.9 Å². The van der Waals surface area contributed by atoms with E-state index in [1.807, 2.05) is 13.0 Å². The van der Waals surface area contributed by atoms with E-state index in [4.69, 9.17) is 21.1 Å². The van der Waals surface area contributed by atoms with Gasteiger partial charge in [0.05, 0.1) is 17.7 Å². The lowest BCUT2D eigenvalue weighted by Crippen LogP contribution is -2.18. The fraction of sp³-hybridized carbons (Fsp3) is 0.533. The van der Waals surface area contributed by atoms with Crippen LogP contribution in [0, 0.1) is 0 Å². The molecule has 0 radical (unpaired) electrons. The van der Waals surface area contributed by atoms with Gasteiger partial charge in [0.25, 0.3) is 0 Å². The molecule has 0 aliphatic rings. The van der Waals surface area contributed by atoms with E-state index < -0.39 is 6.09 Å². The maximum atomic E-state index is 11.6. The van der Waals surface area contributed by atoms with E-state index in [0.29, 0.717) is 23.1 Å². The third-order valence-electron chi connectivity index (χ3n) is 2.52. The van der Waals surface area contributed by atoms with Gasteiger partial charge in [-0.25, -0.2) is 4.79 Å². The van der Waals surface area contributed by atoms with Crippen LogP contribution in [0.15, 0.2) is 12.1 Å². The van der Waals surface area contributed by atoms with Gasteiger partial charge in [-0.15, -0.1) is 0 Å². The van der Waals surface area contributed by atoms with Gasteiger partial charge in [-0.2, -0.15) is 0 Å². The molecule has 1 amide bonds. The molecule has 0 bridgehead atoms. The van der Waals surface area contributed by atoms with Crippen molar-refractivity contribution < 1.29 is 14.3 Å². The minimum atomic E-state index is -0.484. The second-order valence-electron chi connectivity index (χ2n) is 4.71. The normalized spacial score (nSPS) is 10.5. The Morgan fingerprint density at radius 3 is 2.60 bits per heavy atom. The average Bonchev–Trinajstić information content (AvgIpc) is 2.32. The molecule has 0 aromatic heterocycles. The number of ether oxygens (including phenoxy) is 2. The van der Waals surface area contributed by atoms with Crippen LogP contribution in [0.2, 0.25) is 5.02 Å². The van der Waals surface area contributed by atoms with E-state index in [2.05, 4.69) is 12.2 Å². The van der Waals surface area contributed by atoms with Gasteiger partial charge in [-0.05, 0) is 44.9 Å². The van der Waals surface area contributed by atoms with Gasteiger partial charge in [0.15, 0.2) is 0 Å². The van der Waals surface area contributed by atoms with Crippen LogP contribution >= 0.6 is 11.6 Å². The molecular formula is C15H22ClNO3. The largest absolute Gasteiger partial charge is 0.492 e. The van der Waals surface area contributed by atoms with E-state index in [-0.39, 0.29) is 6.10 Å². The van der Waals surface area contributed by atoms with E-state index >= 15 is 0 Å². The van der Waals surface area contributed by atoms with Crippen molar-refractivity contribution in [2.24, 2.45) is 0 Å². The van der Waals surface area contributed by atoms with E-state index in [1.165, 1.54) is 0 Å². The van der Waals surface area contributed by atoms with Crippen molar-refractivity contribution >= 4 is 23.4 Å². The van der Waals surface area contributed by atoms with Crippen LogP contribution in [0.25, 0.3) is 0 Å². The second kappa shape index (κ2) is 8.00. The molecule has 0 spiro atoms. The zero-order chi connectivity index (χ0) is 15.1. The summed E-state index contributed by atoms with van der Waals surface area (Å²) >= 11 is 6.22. The molecule has 0 aliphatic carbocycles. The minimum Gasteiger partial charge on any atom is -0.492 e. The number of rotatable bonds is 6. The highest BCUT2D eigenvalue weighted by Gasteiger charge is 2.13. The summed E-state index contributed by atoms with van der Waals surface area (Å²) in [4.78, 5) is 11.6. The minimum absolute atomic E-state index is 0.164. The zero-order valence-corrected chi connectivity index (χ0v) is 13.2. The smallest absolute Gasteiger partial charge is 0.411 e. The van der Waals surface area contributed by atoms with Gasteiger partial charge >= 0.3 is 6.09 Å². The van der Waals surface area contributed by atoms with Crippen LogP contribution < -0.4 is 10.1 Å². The number of carbonyl (C=O) groups excluding carboxylic acids is 1. The van der Waals surface area contributed by atoms with Crippen molar-refractivity contribution in [3.05, 3.63) is 22.7 Å². The maximum absolute atomic E-state index is 11.6. The first-order valence-electron chi connectivity index (χ1n) is 6.90. The number of carbonyl (C=O) groups is 1. The van der Waals surface area contributed by atoms with Crippen molar-refractivity contribution in [1.29, 1.82) is 0 Å². The molecule has 0 aliphatic heterocycles. The van der Waals surface area contributed by atoms with Crippen LogP contribution in [-0.4, -0.2) is 18.8 Å². The molecule has 20 heavy (non-hydrogen) atoms. The van der Waals surface area contributed by atoms with E-state index in [0.717, 1.165) is 18.4 Å². The summed E-state index contributed by atoms with van der Waals surface area (Å²) in [5, 5.41) is 3.18. The summed E-state index contributed by atoms with van der Waals surface area (Å²) in [7, 11) is 0. The number of hydrogen-bond acceptors (Lipinski definition) is 3. The Balaban J connectivity index is 2.95. The van der Waals surface area contributed by atoms with Gasteiger partial charge in [0.2, 0.25) is 0 Å². The van der Waals surface area contributed by atoms with Gasteiger partial charge in [-0.3, -0.25) is 5.32 Å². The Morgan fingerprint density at radius 2 is 2.05 bits per heavy atom. The summed E-state index contributed by atoms with van der Waals surface area (Å²) in [5.74, 6) is 0.693. The molecule has 1 aromatic rings. The number of nitrogens with one attached hydrogen (secondary N) is 1. The third-order valence-corrected chi connectivity index (χ3v) is 2.80. The molecule has 0 fully saturated rings. The van der Waals surface area contributed by atoms with Crippen molar-refractivity contribution in [2.75, 3.05) is 11.9 Å². The Kier molecular flexibility index (Phi) is 6.65. The summed E-state index contributed by atoms with van der Waals surface area (Å²) in [5.41, 5.74) is 1.61. The molecule has 1 rings (SSSR count). The van der Waals surface area contributed by atoms with Gasteiger partial charge in [-0.1, -0.05) is 24.9 Å². The maximum Gasteiger partial charge on any atom is 0.411 e. The first kappa shape index (κ1) is 16.6. The van der Waals surface area contributed by atoms with Crippen molar-refractivity contribution in [3.8, 4) is 5.75 Å². The van der Waals surface area contributed by atoms with Crippen LogP contribution in [0.5, 0.6) is 5.75 Å². The lowest BCUT2D eigenvalue weighted by atomic mass is 10.1. The highest BCUT2D eigenvalue weighted by atomic mass is 35.5. The van der Waals surface area contributed by atoms with Crippen LogP contribution in [0.4, 0.5) is 10.5 Å². The Labute approximate surface area is 125 Å². The molecule has 1 N–H and O–H groups in total. The van der Waals surface area contributed by atoms with Gasteiger partial charge in [0.1, 0.15) is 5.75 Å². The standard InChI is InChI=1S/C15H22ClNO3/c1-5-7-11-8-12(17-15(18)20-10(3)4)9-13(16)14(11)19-6-2/h8-10H,5-7H2,1-4H3,(H,17,18). The highest BCUT2D eigenvalue weighted by molar-refractivity contribution is 6.32. The SMILES string of the molecule is CCCc1cc(NC(=O)OC(C)C)cc(Cl)c1OCC. The highest BCUT2D eigenvalue weighted by Crippen LogP contribution is 2.33. The lowest BCUT2D eigenvalue weighted by Gasteiger charge is -2.15. The number of aryl methyl sites for hydroxylation is 1. The van der Waals surface area contributed by atoms with Crippen LogP contribution in [0.3, 0.4) is 0 Å². The molecule has 4 nitrogen and oxygen atoms in total. The average molecular weight is 300 g/mol. The predicted octanol–water partition coefficient (Wildman–Crippen LogP) is 4.65. The number of anilines is 1. The second-order valence-corrected chi connectivity index (χ2v) is 5.12. The molecule has 1 aromatic carbocycles. The van der Waals surface area contributed by atoms with Gasteiger partial charge < -0.3 is 9.47 Å². The number of benzene rings is 1. The van der Waals surface area contributed by atoms with E-state index in [9.17, 15) is 4.79 Å². The van der Waals surface area contributed by atoms with Gasteiger partial charge in [0, 0.05) is 5.69 Å². The van der Waals surface area contributed by atoms with Crippen molar-refractivity contribution in [3.63, 3.8) is 0 Å². The molecule has 5 heteroatoms. The summed E-state index contributed by atoms with van der Waals surface area (Å²) in [6.07, 6.45) is 1.16. The monoisotopic (exact) mass is 299 g/mol. The zero-order valence-electron chi connectivity index (χ0n) is 12.5. The molecule has 0 saturated carbocycles. The molecule has 0 saturated heterocycles. The van der Waals surface area contributed by atoms with Crippen LogP contribution in [-0.2, 0) is 11.2 Å². The first-order valence-corrected chi connectivity index (χ1v) is 7.28. The predicted molar refractivity (Wildman–Crippen MR) is 81.9 cm³/mol. The topological polar surface area (TPSA) is 47.6 Å². The Bertz CT molecular complexity index is 461. The summed E-state index contributed by atoms with van der Waals surface area (Å²) < 4.78 is 10.6. The lowest BCUT2D eigenvalue weighted by molar-refractivity contribution is 0.130. The Hall–Kier alpha value is -1.42. The molecule has 0 unspecified atom stereocenters. The molecule has 0 atom stereocenters. The fourth-order valence-corrected chi connectivity index (χ4v) is 2.14. The number of amides is 1. The fourth-order valence-electron chi connectivity index (χ4n) is 1.84. The molecule has 112 valence electrons. The van der Waals surface area contributed by atoms with Crippen LogP contribution in [0.1, 0.15) is 39.7 Å². The number of hydrogen-bond donors (Lipinski definition) is 1. The van der Waals surface area contributed by atoms with Crippen molar-refractivity contribution in [2.45, 2.75) is 46.6 Å². The third kappa shape index (κ3) is 4.93. The molecular weight excluding hydrogens is 278 g/mol.